The van der Waals surface area contributed by atoms with Gasteiger partial charge in [0.2, 0.25) is 10.0 Å². The molecule has 0 atom stereocenters. The van der Waals surface area contributed by atoms with E-state index >= 15 is 0 Å². The maximum Gasteiger partial charge on any atom is 0.241 e. The van der Waals surface area contributed by atoms with Gasteiger partial charge in [0.25, 0.3) is 0 Å². The van der Waals surface area contributed by atoms with Gasteiger partial charge in [0, 0.05) is 18.1 Å². The van der Waals surface area contributed by atoms with Crippen molar-refractivity contribution in [3.63, 3.8) is 0 Å². The smallest absolute Gasteiger partial charge is 0.241 e. The Morgan fingerprint density at radius 1 is 1.19 bits per heavy atom. The quantitative estimate of drug-likeness (QED) is 0.903. The van der Waals surface area contributed by atoms with Crippen molar-refractivity contribution in [3.05, 3.63) is 36.5 Å². The van der Waals surface area contributed by atoms with E-state index in [1.807, 2.05) is 0 Å². The molecule has 3 rings (SSSR count). The molecule has 1 aliphatic rings. The Hall–Kier alpha value is -1.50. The molecular formula is C15H18N2O3S. The van der Waals surface area contributed by atoms with Gasteiger partial charge in [-0.2, -0.15) is 0 Å². The van der Waals surface area contributed by atoms with Crippen LogP contribution in [0.15, 0.2) is 41.4 Å². The number of aliphatic hydroxyl groups is 1. The minimum Gasteiger partial charge on any atom is -0.389 e. The predicted octanol–water partition coefficient (Wildman–Crippen LogP) is 1.82. The molecule has 0 saturated heterocycles. The minimum absolute atomic E-state index is 0.0615. The van der Waals surface area contributed by atoms with Gasteiger partial charge in [-0.1, -0.05) is 18.9 Å². The van der Waals surface area contributed by atoms with Gasteiger partial charge in [-0.15, -0.1) is 0 Å². The lowest BCUT2D eigenvalue weighted by Crippen LogP contribution is -2.40. The van der Waals surface area contributed by atoms with Crippen LogP contribution in [0.5, 0.6) is 0 Å². The average molecular weight is 306 g/mol. The maximum atomic E-state index is 12.5. The molecule has 1 aliphatic carbocycles. The molecule has 0 bridgehead atoms. The minimum atomic E-state index is -3.66. The highest BCUT2D eigenvalue weighted by Crippen LogP contribution is 2.29. The Morgan fingerprint density at radius 3 is 2.71 bits per heavy atom. The second-order valence-corrected chi connectivity index (χ2v) is 7.32. The molecule has 1 fully saturated rings. The third-order valence-corrected chi connectivity index (χ3v) is 5.48. The lowest BCUT2D eigenvalue weighted by molar-refractivity contribution is 0.0532. The summed E-state index contributed by atoms with van der Waals surface area (Å²) in [5, 5.41) is 10.9. The number of sulfonamides is 1. The molecule has 112 valence electrons. The standard InChI is InChI=1S/C15H18N2O3S/c18-15(8-1-2-9-15)11-17-21(19,20)14-7-3-6-13-12(14)5-4-10-16-13/h3-7,10,17-18H,1-2,8-9,11H2. The fourth-order valence-corrected chi connectivity index (χ4v) is 4.16. The van der Waals surface area contributed by atoms with E-state index in [-0.39, 0.29) is 11.4 Å². The number of benzene rings is 1. The van der Waals surface area contributed by atoms with Crippen LogP contribution in [0.25, 0.3) is 10.9 Å². The molecule has 1 saturated carbocycles. The van der Waals surface area contributed by atoms with Gasteiger partial charge in [0.15, 0.2) is 0 Å². The van der Waals surface area contributed by atoms with Crippen molar-refractivity contribution in [3.8, 4) is 0 Å². The second kappa shape index (κ2) is 5.36. The van der Waals surface area contributed by atoms with Crippen LogP contribution in [0.3, 0.4) is 0 Å². The fourth-order valence-electron chi connectivity index (χ4n) is 2.83. The number of hydrogen-bond acceptors (Lipinski definition) is 4. The molecule has 6 heteroatoms. The van der Waals surface area contributed by atoms with E-state index in [1.54, 1.807) is 36.5 Å². The normalized spacial score (nSPS) is 18.1. The number of nitrogens with one attached hydrogen (secondary N) is 1. The fraction of sp³-hybridized carbons (Fsp3) is 0.400. The predicted molar refractivity (Wildman–Crippen MR) is 80.3 cm³/mol. The van der Waals surface area contributed by atoms with Crippen LogP contribution >= 0.6 is 0 Å². The summed E-state index contributed by atoms with van der Waals surface area (Å²) in [6.07, 6.45) is 4.81. The SMILES string of the molecule is O=S(=O)(NCC1(O)CCCC1)c1cccc2ncccc12. The van der Waals surface area contributed by atoms with Crippen LogP contribution in [-0.4, -0.2) is 30.7 Å². The Kier molecular flexibility index (Phi) is 3.69. The van der Waals surface area contributed by atoms with E-state index < -0.39 is 15.6 Å². The number of pyridine rings is 1. The zero-order valence-corrected chi connectivity index (χ0v) is 12.4. The van der Waals surface area contributed by atoms with Crippen molar-refractivity contribution in [1.29, 1.82) is 0 Å². The molecule has 0 spiro atoms. The number of fused-ring (bicyclic) bond motifs is 1. The van der Waals surface area contributed by atoms with Crippen molar-refractivity contribution in [2.75, 3.05) is 6.54 Å². The maximum absolute atomic E-state index is 12.5. The lowest BCUT2D eigenvalue weighted by atomic mass is 10.0. The molecule has 2 N–H and O–H groups in total. The third kappa shape index (κ3) is 2.92. The summed E-state index contributed by atoms with van der Waals surface area (Å²) in [5.74, 6) is 0. The first kappa shape index (κ1) is 14.4. The summed E-state index contributed by atoms with van der Waals surface area (Å²) in [6.45, 7) is 0.0615. The Bertz CT molecular complexity index is 747. The van der Waals surface area contributed by atoms with Crippen molar-refractivity contribution < 1.29 is 13.5 Å². The summed E-state index contributed by atoms with van der Waals surface area (Å²) < 4.78 is 27.5. The summed E-state index contributed by atoms with van der Waals surface area (Å²) in [4.78, 5) is 4.37. The van der Waals surface area contributed by atoms with E-state index in [0.717, 1.165) is 12.8 Å². The van der Waals surface area contributed by atoms with Crippen LogP contribution < -0.4 is 4.72 Å². The molecule has 5 nitrogen and oxygen atoms in total. The van der Waals surface area contributed by atoms with Gasteiger partial charge >= 0.3 is 0 Å². The number of rotatable bonds is 4. The highest BCUT2D eigenvalue weighted by atomic mass is 32.2. The van der Waals surface area contributed by atoms with Crippen LogP contribution in [0.2, 0.25) is 0 Å². The number of aromatic nitrogens is 1. The summed E-state index contributed by atoms with van der Waals surface area (Å²) in [5.41, 5.74) is -0.268. The Morgan fingerprint density at radius 2 is 1.95 bits per heavy atom. The topological polar surface area (TPSA) is 79.3 Å². The average Bonchev–Trinajstić information content (AvgIpc) is 2.92. The molecule has 0 radical (unpaired) electrons. The van der Waals surface area contributed by atoms with E-state index in [9.17, 15) is 13.5 Å². The molecule has 2 aromatic rings. The highest BCUT2D eigenvalue weighted by molar-refractivity contribution is 7.89. The largest absolute Gasteiger partial charge is 0.389 e. The van der Waals surface area contributed by atoms with Crippen molar-refractivity contribution in [2.45, 2.75) is 36.2 Å². The summed E-state index contributed by atoms with van der Waals surface area (Å²) >= 11 is 0. The molecule has 0 unspecified atom stereocenters. The summed E-state index contributed by atoms with van der Waals surface area (Å²) in [6, 6.07) is 8.46. The van der Waals surface area contributed by atoms with Gasteiger partial charge < -0.3 is 5.11 Å². The Balaban J connectivity index is 1.90. The van der Waals surface area contributed by atoms with Crippen LogP contribution in [0.4, 0.5) is 0 Å². The van der Waals surface area contributed by atoms with Crippen LogP contribution in [0, 0.1) is 0 Å². The van der Waals surface area contributed by atoms with E-state index in [1.165, 1.54) is 0 Å². The molecule has 1 aromatic carbocycles. The van der Waals surface area contributed by atoms with Crippen molar-refractivity contribution >= 4 is 20.9 Å². The van der Waals surface area contributed by atoms with E-state index in [4.69, 9.17) is 0 Å². The molecule has 21 heavy (non-hydrogen) atoms. The first-order valence-electron chi connectivity index (χ1n) is 7.06. The van der Waals surface area contributed by atoms with Gasteiger partial charge in [0.1, 0.15) is 0 Å². The summed E-state index contributed by atoms with van der Waals surface area (Å²) in [7, 11) is -3.66. The third-order valence-electron chi connectivity index (χ3n) is 4.02. The highest BCUT2D eigenvalue weighted by Gasteiger charge is 2.32. The monoisotopic (exact) mass is 306 g/mol. The second-order valence-electron chi connectivity index (χ2n) is 5.58. The van der Waals surface area contributed by atoms with Gasteiger partial charge in [-0.3, -0.25) is 4.98 Å². The van der Waals surface area contributed by atoms with Crippen LogP contribution in [0.1, 0.15) is 25.7 Å². The van der Waals surface area contributed by atoms with Gasteiger partial charge in [0.05, 0.1) is 16.0 Å². The Labute approximate surface area is 124 Å². The molecular weight excluding hydrogens is 288 g/mol. The number of hydrogen-bond donors (Lipinski definition) is 2. The lowest BCUT2D eigenvalue weighted by Gasteiger charge is -2.22. The van der Waals surface area contributed by atoms with Crippen molar-refractivity contribution in [1.82, 2.24) is 9.71 Å². The number of nitrogens with zero attached hydrogens (tertiary/aromatic N) is 1. The molecule has 0 amide bonds. The molecule has 1 aromatic heterocycles. The van der Waals surface area contributed by atoms with Crippen LogP contribution in [-0.2, 0) is 10.0 Å². The van der Waals surface area contributed by atoms with E-state index in [2.05, 4.69) is 9.71 Å². The first-order chi connectivity index (χ1) is 10.0. The zero-order chi connectivity index (χ0) is 14.9. The van der Waals surface area contributed by atoms with Gasteiger partial charge in [-0.25, -0.2) is 13.1 Å². The molecule has 1 heterocycles. The first-order valence-corrected chi connectivity index (χ1v) is 8.54. The van der Waals surface area contributed by atoms with E-state index in [0.29, 0.717) is 23.7 Å². The van der Waals surface area contributed by atoms with Gasteiger partial charge in [-0.05, 0) is 37.1 Å². The van der Waals surface area contributed by atoms with Crippen molar-refractivity contribution in [2.24, 2.45) is 0 Å². The zero-order valence-electron chi connectivity index (χ0n) is 11.6. The molecule has 0 aliphatic heterocycles.